The second-order valence-corrected chi connectivity index (χ2v) is 5.68. The molecule has 0 saturated heterocycles. The maximum atomic E-state index is 12.5. The summed E-state index contributed by atoms with van der Waals surface area (Å²) in [6, 6.07) is 3.24. The van der Waals surface area contributed by atoms with Crippen molar-refractivity contribution in [3.05, 3.63) is 34.8 Å². The van der Waals surface area contributed by atoms with Gasteiger partial charge in [0.2, 0.25) is 11.7 Å². The summed E-state index contributed by atoms with van der Waals surface area (Å²) in [4.78, 5) is 15.2. The van der Waals surface area contributed by atoms with Crippen LogP contribution in [0.2, 0.25) is 0 Å². The van der Waals surface area contributed by atoms with E-state index < -0.39 is 17.8 Å². The predicted molar refractivity (Wildman–Crippen MR) is 90.9 cm³/mol. The molecule has 1 amide bonds. The van der Waals surface area contributed by atoms with E-state index in [1.54, 1.807) is 12.1 Å². The molecule has 2 aromatic rings. The molecule has 0 atom stereocenters. The van der Waals surface area contributed by atoms with Crippen molar-refractivity contribution in [2.45, 2.75) is 6.18 Å². The van der Waals surface area contributed by atoms with E-state index in [0.29, 0.717) is 34.1 Å². The molecule has 10 heteroatoms. The molecule has 6 nitrogen and oxygen atoms in total. The van der Waals surface area contributed by atoms with E-state index in [1.807, 2.05) is 0 Å². The number of methoxy groups -OCH3 is 3. The number of hydrogen-bond acceptors (Lipinski definition) is 6. The van der Waals surface area contributed by atoms with Crippen molar-refractivity contribution in [1.82, 2.24) is 4.98 Å². The van der Waals surface area contributed by atoms with Crippen LogP contribution in [0.4, 0.5) is 18.3 Å². The first-order chi connectivity index (χ1) is 12.3. The zero-order chi connectivity index (χ0) is 19.3. The predicted octanol–water partition coefficient (Wildman–Crippen LogP) is 3.84. The fraction of sp³-hybridized carbons (Fsp3) is 0.250. The molecule has 0 fully saturated rings. The van der Waals surface area contributed by atoms with Crippen LogP contribution in [-0.4, -0.2) is 32.2 Å². The molecule has 1 N–H and O–H groups in total. The number of halogens is 3. The van der Waals surface area contributed by atoms with Crippen LogP contribution in [0.1, 0.15) is 11.3 Å². The molecule has 140 valence electrons. The number of rotatable bonds is 6. The number of ether oxygens (including phenoxy) is 3. The Morgan fingerprint density at radius 1 is 1.15 bits per heavy atom. The maximum absolute atomic E-state index is 12.5. The van der Waals surface area contributed by atoms with Gasteiger partial charge in [0, 0.05) is 11.5 Å². The van der Waals surface area contributed by atoms with Gasteiger partial charge in [-0.2, -0.15) is 13.2 Å². The minimum atomic E-state index is -4.55. The van der Waals surface area contributed by atoms with Gasteiger partial charge in [0.1, 0.15) is 0 Å². The Bertz CT molecular complexity index is 793. The monoisotopic (exact) mass is 388 g/mol. The molecule has 0 saturated carbocycles. The van der Waals surface area contributed by atoms with Crippen molar-refractivity contribution < 1.29 is 32.2 Å². The van der Waals surface area contributed by atoms with Crippen molar-refractivity contribution in [1.29, 1.82) is 0 Å². The lowest BCUT2D eigenvalue weighted by Crippen LogP contribution is -2.09. The Labute approximate surface area is 151 Å². The highest BCUT2D eigenvalue weighted by Crippen LogP contribution is 2.38. The second kappa shape index (κ2) is 8.09. The van der Waals surface area contributed by atoms with Crippen molar-refractivity contribution in [2.24, 2.45) is 0 Å². The highest BCUT2D eigenvalue weighted by Gasteiger charge is 2.33. The Hall–Kier alpha value is -2.75. The number of nitrogens with one attached hydrogen (secondary N) is 1. The lowest BCUT2D eigenvalue weighted by Gasteiger charge is -2.12. The first-order valence-electron chi connectivity index (χ1n) is 7.10. The number of amides is 1. The minimum absolute atomic E-state index is 0.142. The summed E-state index contributed by atoms with van der Waals surface area (Å²) in [5, 5.41) is 2.97. The number of alkyl halides is 3. The minimum Gasteiger partial charge on any atom is -0.493 e. The smallest absolute Gasteiger partial charge is 0.434 e. The first-order valence-corrected chi connectivity index (χ1v) is 7.98. The molecule has 26 heavy (non-hydrogen) atoms. The average Bonchev–Trinajstić information content (AvgIpc) is 3.07. The zero-order valence-electron chi connectivity index (χ0n) is 14.0. The molecule has 0 spiro atoms. The number of nitrogens with zero attached hydrogens (tertiary/aromatic N) is 1. The van der Waals surface area contributed by atoms with Crippen molar-refractivity contribution in [3.63, 3.8) is 0 Å². The van der Waals surface area contributed by atoms with Crippen molar-refractivity contribution in [3.8, 4) is 17.2 Å². The van der Waals surface area contributed by atoms with Gasteiger partial charge in [-0.3, -0.25) is 10.1 Å². The number of hydrogen-bond donors (Lipinski definition) is 1. The van der Waals surface area contributed by atoms with E-state index in [0.717, 1.165) is 11.5 Å². The summed E-state index contributed by atoms with van der Waals surface area (Å²) in [5.41, 5.74) is -0.476. The molecule has 0 radical (unpaired) electrons. The quantitative estimate of drug-likeness (QED) is 0.762. The third-order valence-corrected chi connectivity index (χ3v) is 3.90. The highest BCUT2D eigenvalue weighted by molar-refractivity contribution is 7.14. The van der Waals surface area contributed by atoms with Crippen LogP contribution in [-0.2, 0) is 11.0 Å². The fourth-order valence-corrected chi connectivity index (χ4v) is 2.70. The Balaban J connectivity index is 2.14. The second-order valence-electron chi connectivity index (χ2n) is 4.82. The van der Waals surface area contributed by atoms with Crippen LogP contribution < -0.4 is 19.5 Å². The summed E-state index contributed by atoms with van der Waals surface area (Å²) >= 11 is 0.690. The molecule has 1 aromatic heterocycles. The zero-order valence-corrected chi connectivity index (χ0v) is 14.8. The van der Waals surface area contributed by atoms with Crippen LogP contribution >= 0.6 is 11.3 Å². The molecular formula is C16H15F3N2O4S. The molecule has 0 bridgehead atoms. The number of thiazole rings is 1. The average molecular weight is 388 g/mol. The van der Waals surface area contributed by atoms with E-state index >= 15 is 0 Å². The first kappa shape index (κ1) is 19.6. The summed E-state index contributed by atoms with van der Waals surface area (Å²) in [5.74, 6) is 0.587. The van der Waals surface area contributed by atoms with E-state index in [9.17, 15) is 18.0 Å². The van der Waals surface area contributed by atoms with Gasteiger partial charge in [-0.15, -0.1) is 11.3 Å². The molecule has 0 aliphatic rings. The van der Waals surface area contributed by atoms with Gasteiger partial charge in [-0.25, -0.2) is 4.98 Å². The molecule has 2 rings (SSSR count). The van der Waals surface area contributed by atoms with E-state index in [2.05, 4.69) is 10.3 Å². The number of carbonyl (C=O) groups is 1. The van der Waals surface area contributed by atoms with Gasteiger partial charge in [0.05, 0.1) is 21.3 Å². The van der Waals surface area contributed by atoms with Crippen molar-refractivity contribution in [2.75, 3.05) is 26.6 Å². The normalized spacial score (nSPS) is 11.5. The topological polar surface area (TPSA) is 69.7 Å². The van der Waals surface area contributed by atoms with Crippen LogP contribution in [0.25, 0.3) is 6.08 Å². The van der Waals surface area contributed by atoms with Gasteiger partial charge in [0.25, 0.3) is 0 Å². The lowest BCUT2D eigenvalue weighted by atomic mass is 10.1. The number of benzene rings is 1. The Morgan fingerprint density at radius 3 is 2.23 bits per heavy atom. The van der Waals surface area contributed by atoms with Crippen LogP contribution in [0.3, 0.4) is 0 Å². The van der Waals surface area contributed by atoms with Gasteiger partial charge in [-0.05, 0) is 23.8 Å². The van der Waals surface area contributed by atoms with Crippen LogP contribution in [0, 0.1) is 0 Å². The van der Waals surface area contributed by atoms with Gasteiger partial charge in [0.15, 0.2) is 22.3 Å². The fourth-order valence-electron chi connectivity index (χ4n) is 1.98. The molecule has 1 heterocycles. The van der Waals surface area contributed by atoms with E-state index in [-0.39, 0.29) is 5.13 Å². The molecule has 1 aromatic carbocycles. The van der Waals surface area contributed by atoms with Gasteiger partial charge >= 0.3 is 6.18 Å². The highest BCUT2D eigenvalue weighted by atomic mass is 32.1. The molecule has 0 unspecified atom stereocenters. The standard InChI is InChI=1S/C16H15F3N2O4S/c1-23-10-6-9(7-11(24-2)14(10)25-3)4-5-13(22)21-15-20-12(8-26-15)16(17,18)19/h4-8H,1-3H3,(H,20,21,22)/b5-4+. The van der Waals surface area contributed by atoms with Gasteiger partial charge < -0.3 is 14.2 Å². The third kappa shape index (κ3) is 4.66. The SMILES string of the molecule is COc1cc(/C=C/C(=O)Nc2nc(C(F)(F)F)cs2)cc(OC)c1OC. The molecular weight excluding hydrogens is 373 g/mol. The van der Waals surface area contributed by atoms with Crippen molar-refractivity contribution >= 4 is 28.5 Å². The lowest BCUT2D eigenvalue weighted by molar-refractivity contribution is -0.140. The largest absolute Gasteiger partial charge is 0.493 e. The third-order valence-electron chi connectivity index (χ3n) is 3.14. The molecule has 0 aliphatic carbocycles. The van der Waals surface area contributed by atoms with Gasteiger partial charge in [-0.1, -0.05) is 0 Å². The molecule has 0 aliphatic heterocycles. The number of anilines is 1. The number of carbonyl (C=O) groups excluding carboxylic acids is 1. The summed E-state index contributed by atoms with van der Waals surface area (Å²) in [7, 11) is 4.38. The summed E-state index contributed by atoms with van der Waals surface area (Å²) < 4.78 is 53.1. The van der Waals surface area contributed by atoms with Crippen LogP contribution in [0.5, 0.6) is 17.2 Å². The number of aromatic nitrogens is 1. The van der Waals surface area contributed by atoms with E-state index in [1.165, 1.54) is 27.4 Å². The maximum Gasteiger partial charge on any atom is 0.434 e. The van der Waals surface area contributed by atoms with Crippen LogP contribution in [0.15, 0.2) is 23.6 Å². The summed E-state index contributed by atoms with van der Waals surface area (Å²) in [6.45, 7) is 0. The Morgan fingerprint density at radius 2 is 1.77 bits per heavy atom. The summed E-state index contributed by atoms with van der Waals surface area (Å²) in [6.07, 6.45) is -1.93. The van der Waals surface area contributed by atoms with E-state index in [4.69, 9.17) is 14.2 Å². The Kier molecular flexibility index (Phi) is 6.09.